The fraction of sp³-hybridized carbons (Fsp3) is 0.333. The summed E-state index contributed by atoms with van der Waals surface area (Å²) < 4.78 is 5.39. The van der Waals surface area contributed by atoms with Gasteiger partial charge in [-0.25, -0.2) is 0 Å². The molecule has 5 nitrogen and oxygen atoms in total. The van der Waals surface area contributed by atoms with E-state index in [0.717, 1.165) is 11.3 Å². The summed E-state index contributed by atoms with van der Waals surface area (Å²) in [6.07, 6.45) is 1.92. The van der Waals surface area contributed by atoms with Gasteiger partial charge in [-0.1, -0.05) is 24.8 Å². The van der Waals surface area contributed by atoms with E-state index in [1.54, 1.807) is 6.08 Å². The Kier molecular flexibility index (Phi) is 4.53. The molecule has 1 aliphatic rings. The molecule has 1 atom stereocenters. The lowest BCUT2D eigenvalue weighted by Gasteiger charge is -2.11. The van der Waals surface area contributed by atoms with E-state index in [9.17, 15) is 9.59 Å². The van der Waals surface area contributed by atoms with Crippen molar-refractivity contribution in [3.05, 3.63) is 42.5 Å². The van der Waals surface area contributed by atoms with E-state index in [2.05, 4.69) is 11.9 Å². The van der Waals surface area contributed by atoms with E-state index in [-0.39, 0.29) is 18.2 Å². The molecular weight excluding hydrogens is 256 g/mol. The molecule has 1 aliphatic heterocycles. The number of nitrogens with zero attached hydrogens (tertiary/aromatic N) is 1. The molecule has 2 rings (SSSR count). The van der Waals surface area contributed by atoms with Crippen LogP contribution in [0.3, 0.4) is 0 Å². The SMILES string of the molecule is C=CCOc1ccc(CNC2CC(=O)N(C)C2=O)cc1. The number of hydrogen-bond donors (Lipinski definition) is 1. The number of benzene rings is 1. The number of carbonyl (C=O) groups excluding carboxylic acids is 2. The summed E-state index contributed by atoms with van der Waals surface area (Å²) in [4.78, 5) is 24.3. The van der Waals surface area contributed by atoms with Crippen molar-refractivity contribution in [1.29, 1.82) is 0 Å². The molecule has 20 heavy (non-hydrogen) atoms. The number of amides is 2. The first kappa shape index (κ1) is 14.3. The first-order chi connectivity index (χ1) is 9.61. The monoisotopic (exact) mass is 274 g/mol. The Bertz CT molecular complexity index is 510. The van der Waals surface area contributed by atoms with Crippen LogP contribution in [0.2, 0.25) is 0 Å². The minimum absolute atomic E-state index is 0.138. The first-order valence-electron chi connectivity index (χ1n) is 6.48. The Morgan fingerprint density at radius 3 is 2.65 bits per heavy atom. The largest absolute Gasteiger partial charge is 0.490 e. The van der Waals surface area contributed by atoms with Crippen molar-refractivity contribution in [3.8, 4) is 5.75 Å². The third-order valence-electron chi connectivity index (χ3n) is 3.23. The van der Waals surface area contributed by atoms with Crippen LogP contribution in [0.15, 0.2) is 36.9 Å². The molecule has 2 amide bonds. The maximum absolute atomic E-state index is 11.7. The van der Waals surface area contributed by atoms with Gasteiger partial charge in [-0.3, -0.25) is 14.5 Å². The summed E-state index contributed by atoms with van der Waals surface area (Å²) in [5.74, 6) is 0.474. The second kappa shape index (κ2) is 6.34. The second-order valence-electron chi connectivity index (χ2n) is 4.67. The summed E-state index contributed by atoms with van der Waals surface area (Å²) in [6, 6.07) is 7.18. The summed E-state index contributed by atoms with van der Waals surface area (Å²) in [5.41, 5.74) is 1.03. The van der Waals surface area contributed by atoms with E-state index < -0.39 is 6.04 Å². The zero-order valence-electron chi connectivity index (χ0n) is 11.5. The van der Waals surface area contributed by atoms with Gasteiger partial charge < -0.3 is 10.1 Å². The van der Waals surface area contributed by atoms with E-state index in [0.29, 0.717) is 13.2 Å². The van der Waals surface area contributed by atoms with Gasteiger partial charge in [0.15, 0.2) is 0 Å². The topological polar surface area (TPSA) is 58.6 Å². The minimum Gasteiger partial charge on any atom is -0.490 e. The molecule has 1 N–H and O–H groups in total. The van der Waals surface area contributed by atoms with Crippen molar-refractivity contribution >= 4 is 11.8 Å². The molecule has 0 bridgehead atoms. The van der Waals surface area contributed by atoms with Crippen LogP contribution in [-0.2, 0) is 16.1 Å². The lowest BCUT2D eigenvalue weighted by Crippen LogP contribution is -2.36. The molecule has 106 valence electrons. The number of likely N-dealkylation sites (N-methyl/N-ethyl adjacent to an activating group) is 1. The average Bonchev–Trinajstić information content (AvgIpc) is 2.71. The predicted octanol–water partition coefficient (Wildman–Crippen LogP) is 1.10. The van der Waals surface area contributed by atoms with Crippen LogP contribution in [0.4, 0.5) is 0 Å². The van der Waals surface area contributed by atoms with Crippen molar-refractivity contribution in [3.63, 3.8) is 0 Å². The Balaban J connectivity index is 1.87. The number of likely N-dealkylation sites (tertiary alicyclic amines) is 1. The van der Waals surface area contributed by atoms with Gasteiger partial charge >= 0.3 is 0 Å². The van der Waals surface area contributed by atoms with Crippen molar-refractivity contribution in [2.45, 2.75) is 19.0 Å². The molecule has 0 saturated carbocycles. The molecule has 1 unspecified atom stereocenters. The maximum atomic E-state index is 11.7. The van der Waals surface area contributed by atoms with Crippen molar-refractivity contribution in [2.24, 2.45) is 0 Å². The molecule has 1 fully saturated rings. The van der Waals surface area contributed by atoms with Crippen LogP contribution in [0, 0.1) is 0 Å². The van der Waals surface area contributed by atoms with Crippen LogP contribution < -0.4 is 10.1 Å². The Labute approximate surface area is 118 Å². The molecule has 0 radical (unpaired) electrons. The van der Waals surface area contributed by atoms with Crippen molar-refractivity contribution in [1.82, 2.24) is 10.2 Å². The molecule has 0 aromatic heterocycles. The zero-order valence-corrected chi connectivity index (χ0v) is 11.5. The lowest BCUT2D eigenvalue weighted by atomic mass is 10.2. The molecule has 1 heterocycles. The lowest BCUT2D eigenvalue weighted by molar-refractivity contribution is -0.137. The minimum atomic E-state index is -0.413. The summed E-state index contributed by atoms with van der Waals surface area (Å²) in [6.45, 7) is 4.60. The van der Waals surface area contributed by atoms with Crippen LogP contribution >= 0.6 is 0 Å². The van der Waals surface area contributed by atoms with Crippen LogP contribution in [-0.4, -0.2) is 36.4 Å². The smallest absolute Gasteiger partial charge is 0.246 e. The van der Waals surface area contributed by atoms with Gasteiger partial charge in [0.25, 0.3) is 0 Å². The normalized spacial score (nSPS) is 18.4. The summed E-state index contributed by atoms with van der Waals surface area (Å²) >= 11 is 0. The highest BCUT2D eigenvalue weighted by molar-refractivity contribution is 6.05. The fourth-order valence-corrected chi connectivity index (χ4v) is 2.01. The van der Waals surface area contributed by atoms with E-state index in [1.807, 2.05) is 24.3 Å². The number of ether oxygens (including phenoxy) is 1. The Morgan fingerprint density at radius 2 is 2.10 bits per heavy atom. The van der Waals surface area contributed by atoms with Crippen LogP contribution in [0.5, 0.6) is 5.75 Å². The standard InChI is InChI=1S/C15H18N2O3/c1-3-8-20-12-6-4-11(5-7-12)10-16-13-9-14(18)17(2)15(13)19/h3-7,13,16H,1,8-10H2,2H3. The highest BCUT2D eigenvalue weighted by atomic mass is 16.5. The van der Waals surface area contributed by atoms with E-state index >= 15 is 0 Å². The first-order valence-corrected chi connectivity index (χ1v) is 6.48. The van der Waals surface area contributed by atoms with Crippen molar-refractivity contribution < 1.29 is 14.3 Å². The second-order valence-corrected chi connectivity index (χ2v) is 4.67. The van der Waals surface area contributed by atoms with Gasteiger partial charge in [0.1, 0.15) is 12.4 Å². The molecule has 5 heteroatoms. The number of nitrogens with one attached hydrogen (secondary N) is 1. The van der Waals surface area contributed by atoms with Gasteiger partial charge in [-0.15, -0.1) is 0 Å². The Hall–Kier alpha value is -2.14. The third-order valence-corrected chi connectivity index (χ3v) is 3.23. The fourth-order valence-electron chi connectivity index (χ4n) is 2.01. The van der Waals surface area contributed by atoms with Crippen molar-refractivity contribution in [2.75, 3.05) is 13.7 Å². The molecule has 1 aromatic rings. The number of imide groups is 1. The average molecular weight is 274 g/mol. The third kappa shape index (κ3) is 3.24. The highest BCUT2D eigenvalue weighted by Crippen LogP contribution is 2.14. The van der Waals surface area contributed by atoms with Gasteiger partial charge in [0.2, 0.25) is 11.8 Å². The number of rotatable bonds is 6. The van der Waals surface area contributed by atoms with Gasteiger partial charge in [-0.2, -0.15) is 0 Å². The zero-order chi connectivity index (χ0) is 14.5. The van der Waals surface area contributed by atoms with E-state index in [4.69, 9.17) is 4.74 Å². The van der Waals surface area contributed by atoms with Gasteiger partial charge in [0.05, 0.1) is 12.5 Å². The molecule has 1 saturated heterocycles. The Morgan fingerprint density at radius 1 is 1.40 bits per heavy atom. The van der Waals surface area contributed by atoms with Crippen LogP contribution in [0.1, 0.15) is 12.0 Å². The highest BCUT2D eigenvalue weighted by Gasteiger charge is 2.35. The molecule has 0 spiro atoms. The summed E-state index contributed by atoms with van der Waals surface area (Å²) in [7, 11) is 1.51. The number of hydrogen-bond acceptors (Lipinski definition) is 4. The summed E-state index contributed by atoms with van der Waals surface area (Å²) in [5, 5.41) is 3.10. The van der Waals surface area contributed by atoms with Gasteiger partial charge in [0, 0.05) is 13.6 Å². The van der Waals surface area contributed by atoms with E-state index in [1.165, 1.54) is 11.9 Å². The quantitative estimate of drug-likeness (QED) is 0.623. The molecule has 1 aromatic carbocycles. The molecular formula is C15H18N2O3. The predicted molar refractivity (Wildman–Crippen MR) is 75.2 cm³/mol. The van der Waals surface area contributed by atoms with Crippen LogP contribution in [0.25, 0.3) is 0 Å². The maximum Gasteiger partial charge on any atom is 0.246 e. The number of carbonyl (C=O) groups is 2. The van der Waals surface area contributed by atoms with Gasteiger partial charge in [-0.05, 0) is 17.7 Å². The molecule has 0 aliphatic carbocycles.